The van der Waals surface area contributed by atoms with Crippen LogP contribution >= 0.6 is 22.9 Å². The van der Waals surface area contributed by atoms with Crippen LogP contribution in [0.3, 0.4) is 0 Å². The van der Waals surface area contributed by atoms with E-state index in [1.807, 2.05) is 31.2 Å². The molecule has 0 atom stereocenters. The van der Waals surface area contributed by atoms with E-state index in [1.165, 1.54) is 11.3 Å². The molecule has 2 N–H and O–H groups in total. The fourth-order valence-electron chi connectivity index (χ4n) is 4.06. The van der Waals surface area contributed by atoms with Crippen LogP contribution in [0.4, 0.5) is 0 Å². The molecule has 0 aliphatic carbocycles. The molecule has 3 heterocycles. The Morgan fingerprint density at radius 3 is 2.69 bits per heavy atom. The first-order valence-electron chi connectivity index (χ1n) is 9.67. The van der Waals surface area contributed by atoms with Crippen LogP contribution in [0.15, 0.2) is 62.8 Å². The minimum Gasteiger partial charge on any atom is -0.477 e. The quantitative estimate of drug-likeness (QED) is 0.411. The SMILES string of the molecule is Cc1cccc(Cn2c(C(=O)O)c(-n3c(=O)[nH]c4cscc4c3=O)c3cc(Cl)ccc32)c1. The number of carbonyl (C=O) groups is 1. The van der Waals surface area contributed by atoms with E-state index in [9.17, 15) is 19.5 Å². The molecule has 0 fully saturated rings. The van der Waals surface area contributed by atoms with Gasteiger partial charge in [0.15, 0.2) is 5.69 Å². The van der Waals surface area contributed by atoms with Crippen molar-refractivity contribution in [1.82, 2.24) is 14.1 Å². The zero-order chi connectivity index (χ0) is 22.6. The molecule has 0 unspecified atom stereocenters. The summed E-state index contributed by atoms with van der Waals surface area (Å²) in [4.78, 5) is 41.3. The Hall–Kier alpha value is -3.62. The van der Waals surface area contributed by atoms with Gasteiger partial charge in [-0.15, -0.1) is 11.3 Å². The van der Waals surface area contributed by atoms with Crippen molar-refractivity contribution in [3.05, 3.63) is 95.9 Å². The molecule has 5 rings (SSSR count). The van der Waals surface area contributed by atoms with Crippen LogP contribution < -0.4 is 11.2 Å². The van der Waals surface area contributed by atoms with E-state index in [0.717, 1.165) is 15.7 Å². The predicted octanol–water partition coefficient (Wildman–Crippen LogP) is 4.40. The highest BCUT2D eigenvalue weighted by molar-refractivity contribution is 7.09. The van der Waals surface area contributed by atoms with Crippen molar-refractivity contribution < 1.29 is 9.90 Å². The lowest BCUT2D eigenvalue weighted by Crippen LogP contribution is -2.34. The first-order valence-corrected chi connectivity index (χ1v) is 11.0. The number of aromatic carboxylic acids is 1. The van der Waals surface area contributed by atoms with Gasteiger partial charge in [0.1, 0.15) is 0 Å². The minimum absolute atomic E-state index is 0.00185. The van der Waals surface area contributed by atoms with Gasteiger partial charge in [0.2, 0.25) is 0 Å². The number of hydrogen-bond acceptors (Lipinski definition) is 4. The lowest BCUT2D eigenvalue weighted by molar-refractivity contribution is 0.0686. The van der Waals surface area contributed by atoms with E-state index < -0.39 is 17.2 Å². The summed E-state index contributed by atoms with van der Waals surface area (Å²) in [5, 5.41) is 14.6. The average Bonchev–Trinajstić information content (AvgIpc) is 3.31. The second kappa shape index (κ2) is 7.51. The van der Waals surface area contributed by atoms with Crippen molar-refractivity contribution >= 4 is 50.7 Å². The third-order valence-electron chi connectivity index (χ3n) is 5.39. The van der Waals surface area contributed by atoms with Crippen molar-refractivity contribution in [3.8, 4) is 5.69 Å². The molecule has 0 bridgehead atoms. The number of thiophene rings is 1. The first-order chi connectivity index (χ1) is 15.3. The minimum atomic E-state index is -1.25. The van der Waals surface area contributed by atoms with Gasteiger partial charge in [-0.25, -0.2) is 14.2 Å². The third kappa shape index (κ3) is 3.16. The molecule has 0 saturated carbocycles. The number of carboxylic acid groups (broad SMARTS) is 1. The number of nitrogens with one attached hydrogen (secondary N) is 1. The summed E-state index contributed by atoms with van der Waals surface area (Å²) in [6.07, 6.45) is 0. The average molecular weight is 466 g/mol. The van der Waals surface area contributed by atoms with E-state index in [-0.39, 0.29) is 17.9 Å². The second-order valence-electron chi connectivity index (χ2n) is 7.51. The molecule has 32 heavy (non-hydrogen) atoms. The molecular weight excluding hydrogens is 450 g/mol. The summed E-state index contributed by atoms with van der Waals surface area (Å²) in [5.41, 5.74) is 1.45. The number of aryl methyl sites for hydroxylation is 1. The number of H-pyrrole nitrogens is 1. The standard InChI is InChI=1S/C23H16ClN3O4S/c1-12-3-2-4-13(7-12)9-26-18-6-5-14(24)8-15(18)19(20(26)22(29)30)27-21(28)16-10-32-11-17(16)25-23(27)31/h2-8,10-11H,9H2,1H3,(H,25,31)(H,29,30). The van der Waals surface area contributed by atoms with Crippen molar-refractivity contribution in [2.45, 2.75) is 13.5 Å². The van der Waals surface area contributed by atoms with Crippen LogP contribution in [0.5, 0.6) is 0 Å². The molecular formula is C23H16ClN3O4S. The maximum Gasteiger partial charge on any atom is 0.354 e. The highest BCUT2D eigenvalue weighted by atomic mass is 35.5. The summed E-state index contributed by atoms with van der Waals surface area (Å²) in [6.45, 7) is 2.20. The zero-order valence-electron chi connectivity index (χ0n) is 16.8. The number of carboxylic acids is 1. The summed E-state index contributed by atoms with van der Waals surface area (Å²) < 4.78 is 2.49. The molecule has 0 saturated heterocycles. The van der Waals surface area contributed by atoms with Gasteiger partial charge in [0.05, 0.1) is 22.1 Å². The number of fused-ring (bicyclic) bond motifs is 2. The van der Waals surface area contributed by atoms with Crippen LogP contribution in [-0.4, -0.2) is 25.2 Å². The van der Waals surface area contributed by atoms with Gasteiger partial charge in [-0.05, 0) is 30.7 Å². The van der Waals surface area contributed by atoms with E-state index >= 15 is 0 Å². The van der Waals surface area contributed by atoms with Gasteiger partial charge in [0.25, 0.3) is 5.56 Å². The molecule has 0 aliphatic heterocycles. The number of nitrogens with zero attached hydrogens (tertiary/aromatic N) is 2. The van der Waals surface area contributed by atoms with Crippen LogP contribution in [-0.2, 0) is 6.54 Å². The van der Waals surface area contributed by atoms with E-state index in [4.69, 9.17) is 11.6 Å². The van der Waals surface area contributed by atoms with Gasteiger partial charge >= 0.3 is 11.7 Å². The smallest absolute Gasteiger partial charge is 0.354 e. The number of hydrogen-bond donors (Lipinski definition) is 2. The number of benzene rings is 2. The van der Waals surface area contributed by atoms with Crippen molar-refractivity contribution in [2.75, 3.05) is 0 Å². The number of halogens is 1. The summed E-state index contributed by atoms with van der Waals surface area (Å²) in [5.74, 6) is -1.25. The van der Waals surface area contributed by atoms with Crippen molar-refractivity contribution in [1.29, 1.82) is 0 Å². The molecule has 0 spiro atoms. The lowest BCUT2D eigenvalue weighted by Gasteiger charge is -2.10. The molecule has 5 aromatic rings. The molecule has 3 aromatic heterocycles. The Morgan fingerprint density at radius 1 is 1.12 bits per heavy atom. The van der Waals surface area contributed by atoms with Gasteiger partial charge in [-0.3, -0.25) is 4.79 Å². The molecule has 160 valence electrons. The Balaban J connectivity index is 1.91. The summed E-state index contributed by atoms with van der Waals surface area (Å²) in [7, 11) is 0. The van der Waals surface area contributed by atoms with Crippen LogP contribution in [0.1, 0.15) is 21.6 Å². The maximum absolute atomic E-state index is 13.2. The second-order valence-corrected chi connectivity index (χ2v) is 8.69. The topological polar surface area (TPSA) is 97.1 Å². The Morgan fingerprint density at radius 2 is 1.94 bits per heavy atom. The Kier molecular flexibility index (Phi) is 4.76. The third-order valence-corrected chi connectivity index (χ3v) is 6.37. The van der Waals surface area contributed by atoms with Crippen molar-refractivity contribution in [2.24, 2.45) is 0 Å². The van der Waals surface area contributed by atoms with E-state index in [2.05, 4.69) is 4.98 Å². The van der Waals surface area contributed by atoms with Crippen LogP contribution in [0.2, 0.25) is 5.02 Å². The highest BCUT2D eigenvalue weighted by Gasteiger charge is 2.27. The maximum atomic E-state index is 13.2. The largest absolute Gasteiger partial charge is 0.477 e. The summed E-state index contributed by atoms with van der Waals surface area (Å²) >= 11 is 7.51. The van der Waals surface area contributed by atoms with Crippen LogP contribution in [0.25, 0.3) is 27.5 Å². The predicted molar refractivity (Wildman–Crippen MR) is 126 cm³/mol. The monoisotopic (exact) mass is 465 g/mol. The molecule has 0 amide bonds. The van der Waals surface area contributed by atoms with Crippen LogP contribution in [0, 0.1) is 6.92 Å². The normalized spacial score (nSPS) is 11.4. The van der Waals surface area contributed by atoms with Crippen molar-refractivity contribution in [3.63, 3.8) is 0 Å². The molecule has 2 aromatic carbocycles. The molecule has 9 heteroatoms. The Labute approximate surface area is 189 Å². The van der Waals surface area contributed by atoms with Gasteiger partial charge in [0, 0.05) is 27.7 Å². The van der Waals surface area contributed by atoms with E-state index in [0.29, 0.717) is 26.8 Å². The fourth-order valence-corrected chi connectivity index (χ4v) is 4.98. The summed E-state index contributed by atoms with van der Waals surface area (Å²) in [6, 6.07) is 12.6. The highest BCUT2D eigenvalue weighted by Crippen LogP contribution is 2.32. The van der Waals surface area contributed by atoms with Gasteiger partial charge in [-0.2, -0.15) is 0 Å². The van der Waals surface area contributed by atoms with Gasteiger partial charge < -0.3 is 14.7 Å². The molecule has 0 aliphatic rings. The van der Waals surface area contributed by atoms with Gasteiger partial charge in [-0.1, -0.05) is 41.4 Å². The lowest BCUT2D eigenvalue weighted by atomic mass is 10.1. The fraction of sp³-hybridized carbons (Fsp3) is 0.0870. The van der Waals surface area contributed by atoms with E-state index in [1.54, 1.807) is 33.5 Å². The number of aromatic nitrogens is 3. The Bertz CT molecular complexity index is 1660. The first kappa shape index (κ1) is 20.3. The molecule has 0 radical (unpaired) electrons. The molecule has 7 nitrogen and oxygen atoms in total. The number of aromatic amines is 1. The number of rotatable bonds is 4. The zero-order valence-corrected chi connectivity index (χ0v) is 18.3.